The van der Waals surface area contributed by atoms with Gasteiger partial charge in [0.25, 0.3) is 0 Å². The average molecular weight is 613 g/mol. The number of likely N-dealkylation sites (tertiary alicyclic amines) is 2. The third kappa shape index (κ3) is 6.36. The standard InChI is InChI=1S/C38H40N6O2/c1-2-18-43(17-1)21-23-45-31-11-5-27(6-12-31)37-39-33-15-9-29(25-35(33)41-37)30-10-16-34-36(26-30)42-38(40-34)28-7-13-32(14-8-28)46-24-22-44-19-3-4-20-44/h5-16,25-26H,1-4,17-24H2,(H,39,41)(H,40,42). The third-order valence-electron chi connectivity index (χ3n) is 9.30. The lowest BCUT2D eigenvalue weighted by molar-refractivity contribution is 0.237. The Balaban J connectivity index is 0.933. The molecule has 2 aliphatic rings. The number of aromatic amines is 2. The van der Waals surface area contributed by atoms with Crippen molar-refractivity contribution in [2.45, 2.75) is 25.7 Å². The Kier molecular flexibility index (Phi) is 8.13. The van der Waals surface area contributed by atoms with Crippen molar-refractivity contribution in [3.8, 4) is 45.4 Å². The van der Waals surface area contributed by atoms with E-state index >= 15 is 0 Å². The Hall–Kier alpha value is -4.66. The molecular formula is C38H40N6O2. The van der Waals surface area contributed by atoms with Gasteiger partial charge in [-0.3, -0.25) is 9.80 Å². The second-order valence-electron chi connectivity index (χ2n) is 12.5. The minimum absolute atomic E-state index is 0.722. The number of ether oxygens (including phenoxy) is 2. The first kappa shape index (κ1) is 28.8. The molecule has 2 saturated heterocycles. The van der Waals surface area contributed by atoms with Gasteiger partial charge in [-0.25, -0.2) is 9.97 Å². The molecule has 0 spiro atoms. The molecule has 234 valence electrons. The molecule has 6 aromatic rings. The Morgan fingerprint density at radius 1 is 0.500 bits per heavy atom. The lowest BCUT2D eigenvalue weighted by Gasteiger charge is -2.14. The SMILES string of the molecule is c1cc(-c2nc3cc(-c4ccc5[nH]c(-c6ccc(OCCN7CCCC7)cc6)nc5c4)ccc3[nH]2)ccc1OCCN1CCCC1. The summed E-state index contributed by atoms with van der Waals surface area (Å²) in [5, 5.41) is 0. The first-order valence-corrected chi connectivity index (χ1v) is 16.6. The highest BCUT2D eigenvalue weighted by Gasteiger charge is 2.13. The van der Waals surface area contributed by atoms with Gasteiger partial charge in [0.05, 0.1) is 22.1 Å². The van der Waals surface area contributed by atoms with Crippen LogP contribution in [0.2, 0.25) is 0 Å². The van der Waals surface area contributed by atoms with E-state index in [9.17, 15) is 0 Å². The van der Waals surface area contributed by atoms with Gasteiger partial charge < -0.3 is 19.4 Å². The van der Waals surface area contributed by atoms with Crippen LogP contribution in [0.3, 0.4) is 0 Å². The number of H-pyrrole nitrogens is 2. The lowest BCUT2D eigenvalue weighted by atomic mass is 10.0. The van der Waals surface area contributed by atoms with Crippen molar-refractivity contribution in [1.29, 1.82) is 0 Å². The highest BCUT2D eigenvalue weighted by molar-refractivity contribution is 5.88. The Morgan fingerprint density at radius 3 is 1.30 bits per heavy atom. The van der Waals surface area contributed by atoms with Crippen molar-refractivity contribution in [2.24, 2.45) is 0 Å². The molecular weight excluding hydrogens is 572 g/mol. The highest BCUT2D eigenvalue weighted by Crippen LogP contribution is 2.30. The molecule has 2 aliphatic heterocycles. The summed E-state index contributed by atoms with van der Waals surface area (Å²) >= 11 is 0. The number of benzene rings is 4. The molecule has 0 bridgehead atoms. The van der Waals surface area contributed by atoms with Crippen LogP contribution in [0.25, 0.3) is 56.0 Å². The molecule has 8 rings (SSSR count). The number of rotatable bonds is 11. The molecule has 0 atom stereocenters. The first-order valence-electron chi connectivity index (χ1n) is 16.6. The quantitative estimate of drug-likeness (QED) is 0.159. The fourth-order valence-corrected chi connectivity index (χ4v) is 6.66. The van der Waals surface area contributed by atoms with Crippen LogP contribution in [0.15, 0.2) is 84.9 Å². The van der Waals surface area contributed by atoms with E-state index < -0.39 is 0 Å². The summed E-state index contributed by atoms with van der Waals surface area (Å²) in [4.78, 5) is 21.8. The van der Waals surface area contributed by atoms with Crippen LogP contribution in [-0.4, -0.2) is 82.2 Å². The van der Waals surface area contributed by atoms with Crippen molar-refractivity contribution in [3.05, 3.63) is 84.9 Å². The van der Waals surface area contributed by atoms with Crippen molar-refractivity contribution < 1.29 is 9.47 Å². The molecule has 0 radical (unpaired) electrons. The zero-order chi connectivity index (χ0) is 30.7. The van der Waals surface area contributed by atoms with Gasteiger partial charge in [0.15, 0.2) is 0 Å². The van der Waals surface area contributed by atoms with Crippen molar-refractivity contribution in [3.63, 3.8) is 0 Å². The summed E-state index contributed by atoms with van der Waals surface area (Å²) in [7, 11) is 0. The Morgan fingerprint density at radius 2 is 0.891 bits per heavy atom. The number of hydrogen-bond donors (Lipinski definition) is 2. The third-order valence-corrected chi connectivity index (χ3v) is 9.30. The van der Waals surface area contributed by atoms with Gasteiger partial charge in [-0.15, -0.1) is 0 Å². The molecule has 8 nitrogen and oxygen atoms in total. The Bertz CT molecular complexity index is 1770. The van der Waals surface area contributed by atoms with Crippen LogP contribution < -0.4 is 9.47 Å². The van der Waals surface area contributed by atoms with Gasteiger partial charge >= 0.3 is 0 Å². The smallest absolute Gasteiger partial charge is 0.138 e. The van der Waals surface area contributed by atoms with E-state index in [1.54, 1.807) is 0 Å². The van der Waals surface area contributed by atoms with Crippen molar-refractivity contribution in [1.82, 2.24) is 29.7 Å². The topological polar surface area (TPSA) is 82.3 Å². The molecule has 8 heteroatoms. The first-order chi connectivity index (χ1) is 22.7. The van der Waals surface area contributed by atoms with Crippen LogP contribution >= 0.6 is 0 Å². The minimum atomic E-state index is 0.722. The summed E-state index contributed by atoms with van der Waals surface area (Å²) in [5.74, 6) is 3.50. The maximum absolute atomic E-state index is 5.99. The number of aromatic nitrogens is 4. The van der Waals surface area contributed by atoms with E-state index in [4.69, 9.17) is 19.4 Å². The molecule has 46 heavy (non-hydrogen) atoms. The predicted octanol–water partition coefficient (Wildman–Crippen LogP) is 7.39. The maximum Gasteiger partial charge on any atom is 0.138 e. The molecule has 2 fully saturated rings. The monoisotopic (exact) mass is 612 g/mol. The van der Waals surface area contributed by atoms with Crippen LogP contribution in [0, 0.1) is 0 Å². The van der Waals surface area contributed by atoms with Crippen molar-refractivity contribution >= 4 is 22.1 Å². The maximum atomic E-state index is 5.99. The number of fused-ring (bicyclic) bond motifs is 2. The average Bonchev–Trinajstić information content (AvgIpc) is 3.92. The van der Waals surface area contributed by atoms with E-state index in [0.29, 0.717) is 0 Å². The number of nitrogens with one attached hydrogen (secondary N) is 2. The van der Waals surface area contributed by atoms with Gasteiger partial charge in [0.1, 0.15) is 36.4 Å². The molecule has 0 saturated carbocycles. The molecule has 4 heterocycles. The summed E-state index contributed by atoms with van der Waals surface area (Å²) in [6.45, 7) is 8.20. The van der Waals surface area contributed by atoms with Gasteiger partial charge in [0, 0.05) is 24.2 Å². The molecule has 2 aromatic heterocycles. The van der Waals surface area contributed by atoms with E-state index in [1.807, 2.05) is 24.3 Å². The van der Waals surface area contributed by atoms with Gasteiger partial charge in [-0.1, -0.05) is 12.1 Å². The normalized spacial score (nSPS) is 15.7. The van der Waals surface area contributed by atoms with E-state index in [1.165, 1.54) is 51.9 Å². The molecule has 0 amide bonds. The summed E-state index contributed by atoms with van der Waals surface area (Å²) in [5.41, 5.74) is 8.18. The Labute approximate surface area is 269 Å². The molecule has 0 unspecified atom stereocenters. The van der Waals surface area contributed by atoms with Crippen molar-refractivity contribution in [2.75, 3.05) is 52.5 Å². The zero-order valence-corrected chi connectivity index (χ0v) is 26.2. The van der Waals surface area contributed by atoms with E-state index in [2.05, 4.69) is 80.4 Å². The molecule has 0 aliphatic carbocycles. The largest absolute Gasteiger partial charge is 0.492 e. The molecule has 4 aromatic carbocycles. The number of hydrogen-bond acceptors (Lipinski definition) is 6. The van der Waals surface area contributed by atoms with Crippen LogP contribution in [-0.2, 0) is 0 Å². The second-order valence-corrected chi connectivity index (χ2v) is 12.5. The lowest BCUT2D eigenvalue weighted by Crippen LogP contribution is -2.25. The van der Waals surface area contributed by atoms with Gasteiger partial charge in [-0.2, -0.15) is 0 Å². The van der Waals surface area contributed by atoms with Gasteiger partial charge in [-0.05, 0) is 136 Å². The van der Waals surface area contributed by atoms with Crippen LogP contribution in [0.4, 0.5) is 0 Å². The number of imidazole rings is 2. The number of nitrogens with zero attached hydrogens (tertiary/aromatic N) is 4. The highest BCUT2D eigenvalue weighted by atomic mass is 16.5. The van der Waals surface area contributed by atoms with Gasteiger partial charge in [0.2, 0.25) is 0 Å². The fraction of sp³-hybridized carbons (Fsp3) is 0.316. The zero-order valence-electron chi connectivity index (χ0n) is 26.2. The molecule has 2 N–H and O–H groups in total. The fourth-order valence-electron chi connectivity index (χ4n) is 6.66. The van der Waals surface area contributed by atoms with Crippen LogP contribution in [0.5, 0.6) is 11.5 Å². The van der Waals surface area contributed by atoms with E-state index in [0.717, 1.165) is 93.8 Å². The summed E-state index contributed by atoms with van der Waals surface area (Å²) in [6, 6.07) is 29.2. The minimum Gasteiger partial charge on any atom is -0.492 e. The predicted molar refractivity (Wildman–Crippen MR) is 184 cm³/mol. The summed E-state index contributed by atoms with van der Waals surface area (Å²) < 4.78 is 12.0. The summed E-state index contributed by atoms with van der Waals surface area (Å²) in [6.07, 6.45) is 5.22. The second kappa shape index (κ2) is 13.0. The van der Waals surface area contributed by atoms with Crippen LogP contribution in [0.1, 0.15) is 25.7 Å². The van der Waals surface area contributed by atoms with E-state index in [-0.39, 0.29) is 0 Å².